The van der Waals surface area contributed by atoms with Gasteiger partial charge in [0.15, 0.2) is 0 Å². The second kappa shape index (κ2) is 15.3. The minimum atomic E-state index is -0.248. The van der Waals surface area contributed by atoms with Gasteiger partial charge in [-0.05, 0) is 98.7 Å². The number of aromatic nitrogens is 1. The van der Waals surface area contributed by atoms with Crippen LogP contribution in [0.1, 0.15) is 58.1 Å². The van der Waals surface area contributed by atoms with Crippen LogP contribution in [-0.2, 0) is 22.6 Å². The van der Waals surface area contributed by atoms with Crippen molar-refractivity contribution in [3.05, 3.63) is 97.9 Å². The minimum Gasteiger partial charge on any atom is -0.379 e. The third-order valence-electron chi connectivity index (χ3n) is 9.47. The summed E-state index contributed by atoms with van der Waals surface area (Å²) in [4.78, 5) is 48.2. The fourth-order valence-corrected chi connectivity index (χ4v) is 7.01. The number of halogens is 1. The van der Waals surface area contributed by atoms with Crippen molar-refractivity contribution in [2.75, 3.05) is 50.8 Å². The van der Waals surface area contributed by atoms with E-state index in [-0.39, 0.29) is 30.0 Å². The first kappa shape index (κ1) is 34.4. The van der Waals surface area contributed by atoms with Crippen LogP contribution in [0, 0.1) is 20.8 Å². The molecule has 0 spiro atoms. The first-order valence-electron chi connectivity index (χ1n) is 16.5. The fourth-order valence-electron chi connectivity index (χ4n) is 6.77. The van der Waals surface area contributed by atoms with Gasteiger partial charge in [0.1, 0.15) is 0 Å². The zero-order valence-electron chi connectivity index (χ0n) is 28.0. The molecule has 2 aromatic carbocycles. The number of aromatic amines is 1. The molecule has 2 N–H and O–H groups in total. The van der Waals surface area contributed by atoms with Gasteiger partial charge in [0.25, 0.3) is 11.5 Å². The van der Waals surface area contributed by atoms with Gasteiger partial charge in [-0.15, -0.1) is 0 Å². The van der Waals surface area contributed by atoms with Gasteiger partial charge < -0.3 is 24.8 Å². The number of carbonyl (C=O) groups excluding carboxylic acids is 2. The van der Waals surface area contributed by atoms with Gasteiger partial charge in [-0.2, -0.15) is 0 Å². The summed E-state index contributed by atoms with van der Waals surface area (Å²) in [6, 6.07) is 12.3. The topological polar surface area (TPSA) is 98.0 Å². The molecule has 2 aliphatic rings. The fraction of sp³-hybridized carbons (Fsp3) is 0.432. The van der Waals surface area contributed by atoms with E-state index in [1.54, 1.807) is 0 Å². The number of rotatable bonds is 10. The van der Waals surface area contributed by atoms with E-state index in [0.717, 1.165) is 91.4 Å². The molecular weight excluding hydrogens is 614 g/mol. The van der Waals surface area contributed by atoms with Crippen molar-refractivity contribution >= 4 is 29.1 Å². The molecule has 0 atom stereocenters. The number of aryl methyl sites for hydroxylation is 2. The molecule has 0 aliphatic carbocycles. The highest BCUT2D eigenvalue weighted by atomic mass is 35.5. The van der Waals surface area contributed by atoms with E-state index < -0.39 is 0 Å². The molecule has 2 amide bonds. The maximum atomic E-state index is 13.9. The summed E-state index contributed by atoms with van der Waals surface area (Å²) in [7, 11) is 0. The van der Waals surface area contributed by atoms with Gasteiger partial charge in [0, 0.05) is 79.4 Å². The summed E-state index contributed by atoms with van der Waals surface area (Å²) in [6.07, 6.45) is 3.01. The van der Waals surface area contributed by atoms with E-state index in [1.165, 1.54) is 6.08 Å². The van der Waals surface area contributed by atoms with Crippen molar-refractivity contribution in [2.45, 2.75) is 59.7 Å². The van der Waals surface area contributed by atoms with Crippen molar-refractivity contribution in [3.63, 3.8) is 0 Å². The van der Waals surface area contributed by atoms with Crippen LogP contribution in [0.2, 0.25) is 5.02 Å². The van der Waals surface area contributed by atoms with Gasteiger partial charge in [-0.3, -0.25) is 19.3 Å². The SMILES string of the molecule is C=CC(=O)N1CCC(N(CC)c2cc(-c3ccc(CN4CCOCC4)c(Cl)c3)cc(C(=O)NCc3c(C)cc(C)[nH]c3=O)c2C)CC1. The Kier molecular flexibility index (Phi) is 11.2. The number of H-pyrrole nitrogens is 1. The van der Waals surface area contributed by atoms with E-state index in [4.69, 9.17) is 16.3 Å². The predicted octanol–water partition coefficient (Wildman–Crippen LogP) is 5.39. The third kappa shape index (κ3) is 7.97. The normalized spacial score (nSPS) is 15.8. The zero-order chi connectivity index (χ0) is 33.7. The maximum absolute atomic E-state index is 13.9. The van der Waals surface area contributed by atoms with E-state index in [1.807, 2.05) is 43.9 Å². The Morgan fingerprint density at radius 3 is 2.43 bits per heavy atom. The standard InChI is InChI=1S/C37H46ClN5O4/c1-6-35(44)42-12-10-30(11-13-42)43(7-2)34-21-29(27-8-9-28(33(38)20-27)23-41-14-16-47-17-15-41)19-31(26(34)5)36(45)39-22-32-24(3)18-25(4)40-37(32)46/h6,8-9,18-21,30H,1,7,10-17,22-23H2,2-5H3,(H,39,45)(H,40,46). The highest BCUT2D eigenvalue weighted by Crippen LogP contribution is 2.35. The molecule has 0 bridgehead atoms. The van der Waals surface area contributed by atoms with Crippen molar-refractivity contribution in [1.82, 2.24) is 20.1 Å². The average molecular weight is 660 g/mol. The Hall–Kier alpha value is -3.92. The molecule has 0 unspecified atom stereocenters. The molecule has 250 valence electrons. The molecule has 2 fully saturated rings. The third-order valence-corrected chi connectivity index (χ3v) is 9.82. The lowest BCUT2D eigenvalue weighted by Crippen LogP contribution is -2.46. The van der Waals surface area contributed by atoms with Crippen LogP contribution in [0.5, 0.6) is 0 Å². The second-order valence-corrected chi connectivity index (χ2v) is 12.9. The number of nitrogens with zero attached hydrogens (tertiary/aromatic N) is 3. The molecule has 3 heterocycles. The Morgan fingerprint density at radius 2 is 1.79 bits per heavy atom. The number of morpholine rings is 1. The van der Waals surface area contributed by atoms with Crippen LogP contribution < -0.4 is 15.8 Å². The molecule has 2 saturated heterocycles. The monoisotopic (exact) mass is 659 g/mol. The number of ether oxygens (including phenoxy) is 1. The molecule has 47 heavy (non-hydrogen) atoms. The van der Waals surface area contributed by atoms with Gasteiger partial charge in [-0.25, -0.2) is 0 Å². The van der Waals surface area contributed by atoms with Crippen LogP contribution in [0.3, 0.4) is 0 Å². The molecule has 1 aromatic heterocycles. The summed E-state index contributed by atoms with van der Waals surface area (Å²) in [5, 5.41) is 3.70. The molecule has 0 radical (unpaired) electrons. The number of piperidine rings is 1. The van der Waals surface area contributed by atoms with Crippen LogP contribution in [0.15, 0.2) is 53.8 Å². The Bertz CT molecular complexity index is 1690. The lowest BCUT2D eigenvalue weighted by Gasteiger charge is -2.40. The van der Waals surface area contributed by atoms with Crippen LogP contribution in [0.4, 0.5) is 5.69 Å². The molecule has 2 aliphatic heterocycles. The maximum Gasteiger partial charge on any atom is 0.253 e. The van der Waals surface area contributed by atoms with Crippen molar-refractivity contribution < 1.29 is 14.3 Å². The Balaban J connectivity index is 1.49. The molecule has 3 aromatic rings. The van der Waals surface area contributed by atoms with Crippen LogP contribution in [0.25, 0.3) is 11.1 Å². The van der Waals surface area contributed by atoms with Gasteiger partial charge in [0.2, 0.25) is 5.91 Å². The Morgan fingerprint density at radius 1 is 1.06 bits per heavy atom. The van der Waals surface area contributed by atoms with E-state index in [9.17, 15) is 14.4 Å². The van der Waals surface area contributed by atoms with Gasteiger partial charge in [-0.1, -0.05) is 30.3 Å². The largest absolute Gasteiger partial charge is 0.379 e. The number of nitrogens with one attached hydrogen (secondary N) is 2. The van der Waals surface area contributed by atoms with Crippen LogP contribution >= 0.6 is 11.6 Å². The number of pyridine rings is 1. The van der Waals surface area contributed by atoms with Crippen LogP contribution in [-0.4, -0.2) is 78.6 Å². The average Bonchev–Trinajstić information content (AvgIpc) is 3.06. The summed E-state index contributed by atoms with van der Waals surface area (Å²) in [5.74, 6) is -0.289. The molecule has 10 heteroatoms. The second-order valence-electron chi connectivity index (χ2n) is 12.5. The van der Waals surface area contributed by atoms with E-state index >= 15 is 0 Å². The van der Waals surface area contributed by atoms with Gasteiger partial charge in [0.05, 0.1) is 13.2 Å². The summed E-state index contributed by atoms with van der Waals surface area (Å²) in [5.41, 5.74) is 7.21. The highest BCUT2D eigenvalue weighted by Gasteiger charge is 2.28. The lowest BCUT2D eigenvalue weighted by molar-refractivity contribution is -0.127. The van der Waals surface area contributed by atoms with E-state index in [2.05, 4.69) is 51.8 Å². The minimum absolute atomic E-state index is 0.0415. The van der Waals surface area contributed by atoms with Crippen molar-refractivity contribution in [3.8, 4) is 11.1 Å². The predicted molar refractivity (Wildman–Crippen MR) is 188 cm³/mol. The molecule has 9 nitrogen and oxygen atoms in total. The molecule has 0 saturated carbocycles. The molecule has 5 rings (SSSR count). The number of hydrogen-bond donors (Lipinski definition) is 2. The first-order chi connectivity index (χ1) is 22.6. The smallest absolute Gasteiger partial charge is 0.253 e. The van der Waals surface area contributed by atoms with E-state index in [0.29, 0.717) is 29.2 Å². The highest BCUT2D eigenvalue weighted by molar-refractivity contribution is 6.31. The lowest BCUT2D eigenvalue weighted by atomic mass is 9.94. The summed E-state index contributed by atoms with van der Waals surface area (Å²) < 4.78 is 5.50. The number of benzene rings is 2. The Labute approximate surface area is 282 Å². The first-order valence-corrected chi connectivity index (χ1v) is 16.9. The summed E-state index contributed by atoms with van der Waals surface area (Å²) in [6.45, 7) is 17.6. The van der Waals surface area contributed by atoms with Crippen molar-refractivity contribution in [2.24, 2.45) is 0 Å². The zero-order valence-corrected chi connectivity index (χ0v) is 28.7. The number of hydrogen-bond acceptors (Lipinski definition) is 6. The number of amides is 2. The number of carbonyl (C=O) groups is 2. The summed E-state index contributed by atoms with van der Waals surface area (Å²) >= 11 is 6.87. The van der Waals surface area contributed by atoms with Crippen molar-refractivity contribution in [1.29, 1.82) is 0 Å². The number of anilines is 1. The quantitative estimate of drug-likeness (QED) is 0.284. The van der Waals surface area contributed by atoms with Gasteiger partial charge >= 0.3 is 0 Å². The molecular formula is C37H46ClN5O4. The number of likely N-dealkylation sites (tertiary alicyclic amines) is 1.